The normalized spacial score (nSPS) is 22.0. The Morgan fingerprint density at radius 1 is 0.596 bits per heavy atom. The van der Waals surface area contributed by atoms with Gasteiger partial charge in [0, 0.05) is 0 Å². The van der Waals surface area contributed by atoms with Crippen LogP contribution in [0.2, 0.25) is 0 Å². The number of carbonyl (C=O) groups is 2. The molecule has 5 aromatic rings. The third-order valence-electron chi connectivity index (χ3n) is 9.90. The molecule has 6 atom stereocenters. The largest absolute Gasteiger partial charge is 0.463 e. The van der Waals surface area contributed by atoms with Crippen LogP contribution in [0.4, 0.5) is 4.79 Å². The van der Waals surface area contributed by atoms with E-state index in [2.05, 4.69) is 10.6 Å². The minimum Gasteiger partial charge on any atom is -0.463 e. The van der Waals surface area contributed by atoms with Gasteiger partial charge >= 0.3 is 12.0 Å². The molecule has 294 valence electrons. The lowest BCUT2D eigenvalue weighted by atomic mass is 9.87. The predicted molar refractivity (Wildman–Crippen MR) is 214 cm³/mol. The number of hydrogen-bond donors (Lipinski definition) is 2. The molecule has 10 nitrogen and oxygen atoms in total. The van der Waals surface area contributed by atoms with Gasteiger partial charge in [-0.3, -0.25) is 0 Å². The molecule has 0 spiro atoms. The molecule has 57 heavy (non-hydrogen) atoms. The topological polar surface area (TPSA) is 114 Å². The summed E-state index contributed by atoms with van der Waals surface area (Å²) in [6, 6.07) is 47.4. The molecule has 5 aromatic carbocycles. The third-order valence-corrected chi connectivity index (χ3v) is 9.90. The standard InChI is InChI=1S/C47H48N2O8/c1-2-53-46(50)39-40(37-26-16-7-17-27-37)48-47(51)49-41(39)43-45(56-31-36-24-14-6-15-25-36)44(55-30-35-22-12-5-13-23-35)42(54-29-34-20-10-4-11-21-34)38(57-43)32-52-28-33-18-8-3-9-19-33/h3-27,38,40,42-45H,2,28-32H2,1H3,(H2,48,49,51)/t38-,40+,42-,43+,44+,45-/m1/s1. The maximum atomic E-state index is 14.1. The van der Waals surface area contributed by atoms with E-state index >= 15 is 0 Å². The summed E-state index contributed by atoms with van der Waals surface area (Å²) in [6.07, 6.45) is -4.16. The number of carbonyl (C=O) groups excluding carboxylic acids is 2. The number of urea groups is 1. The molecule has 1 saturated heterocycles. The zero-order valence-corrected chi connectivity index (χ0v) is 31.9. The van der Waals surface area contributed by atoms with Crippen LogP contribution in [-0.2, 0) is 59.6 Å². The van der Waals surface area contributed by atoms with E-state index in [1.54, 1.807) is 6.92 Å². The van der Waals surface area contributed by atoms with Crippen LogP contribution in [0.25, 0.3) is 0 Å². The Hall–Kier alpha value is -5.62. The zero-order chi connectivity index (χ0) is 39.2. The molecule has 2 N–H and O–H groups in total. The van der Waals surface area contributed by atoms with Gasteiger partial charge in [-0.15, -0.1) is 0 Å². The number of benzene rings is 5. The van der Waals surface area contributed by atoms with Crippen molar-refractivity contribution in [2.75, 3.05) is 13.2 Å². The van der Waals surface area contributed by atoms with Gasteiger partial charge < -0.3 is 39.1 Å². The highest BCUT2D eigenvalue weighted by Crippen LogP contribution is 2.38. The van der Waals surface area contributed by atoms with Crippen molar-refractivity contribution in [1.29, 1.82) is 0 Å². The van der Waals surface area contributed by atoms with E-state index in [1.165, 1.54) is 0 Å². The van der Waals surface area contributed by atoms with Crippen molar-refractivity contribution in [3.63, 3.8) is 0 Å². The lowest BCUT2D eigenvalue weighted by Gasteiger charge is -2.48. The zero-order valence-electron chi connectivity index (χ0n) is 31.9. The van der Waals surface area contributed by atoms with E-state index < -0.39 is 48.6 Å². The van der Waals surface area contributed by atoms with E-state index in [1.807, 2.05) is 152 Å². The average molecular weight is 769 g/mol. The molecule has 1 fully saturated rings. The summed E-state index contributed by atoms with van der Waals surface area (Å²) < 4.78 is 39.7. The van der Waals surface area contributed by atoms with Crippen LogP contribution in [0.5, 0.6) is 0 Å². The van der Waals surface area contributed by atoms with Crippen LogP contribution in [-0.4, -0.2) is 55.7 Å². The summed E-state index contributed by atoms with van der Waals surface area (Å²) in [5, 5.41) is 5.91. The van der Waals surface area contributed by atoms with Crippen molar-refractivity contribution in [2.45, 2.75) is 69.9 Å². The molecular weight excluding hydrogens is 721 g/mol. The fraction of sp³-hybridized carbons (Fsp3) is 0.277. The Bertz CT molecular complexity index is 2030. The fourth-order valence-electron chi connectivity index (χ4n) is 7.16. The van der Waals surface area contributed by atoms with Crippen molar-refractivity contribution >= 4 is 12.0 Å². The first-order chi connectivity index (χ1) is 28.1. The van der Waals surface area contributed by atoms with Crippen LogP contribution in [0.15, 0.2) is 163 Å². The Morgan fingerprint density at radius 3 is 1.56 bits per heavy atom. The second-order valence-corrected chi connectivity index (χ2v) is 13.9. The third kappa shape index (κ3) is 10.4. The van der Waals surface area contributed by atoms with Gasteiger partial charge in [-0.05, 0) is 34.7 Å². The number of esters is 1. The quantitative estimate of drug-likeness (QED) is 0.0931. The van der Waals surface area contributed by atoms with E-state index in [4.69, 9.17) is 28.4 Å². The summed E-state index contributed by atoms with van der Waals surface area (Å²) in [5.41, 5.74) is 4.97. The molecule has 0 bridgehead atoms. The highest BCUT2D eigenvalue weighted by Gasteiger charge is 2.52. The van der Waals surface area contributed by atoms with Gasteiger partial charge in [0.25, 0.3) is 0 Å². The van der Waals surface area contributed by atoms with E-state index in [0.717, 1.165) is 22.3 Å². The van der Waals surface area contributed by atoms with Crippen molar-refractivity contribution in [3.05, 3.63) is 191 Å². The molecule has 2 aliphatic heterocycles. The van der Waals surface area contributed by atoms with Crippen LogP contribution in [0.1, 0.15) is 40.8 Å². The Morgan fingerprint density at radius 2 is 1.05 bits per heavy atom. The lowest BCUT2D eigenvalue weighted by Crippen LogP contribution is -2.64. The number of nitrogens with one attached hydrogen (secondary N) is 2. The van der Waals surface area contributed by atoms with Crippen molar-refractivity contribution in [2.24, 2.45) is 0 Å². The van der Waals surface area contributed by atoms with E-state index in [-0.39, 0.29) is 44.3 Å². The molecule has 0 saturated carbocycles. The summed E-state index contributed by atoms with van der Waals surface area (Å²) in [7, 11) is 0. The highest BCUT2D eigenvalue weighted by molar-refractivity contribution is 5.95. The maximum Gasteiger partial charge on any atom is 0.338 e. The monoisotopic (exact) mass is 768 g/mol. The second kappa shape index (κ2) is 20.0. The van der Waals surface area contributed by atoms with Gasteiger partial charge in [-0.2, -0.15) is 0 Å². The minimum absolute atomic E-state index is 0.109. The summed E-state index contributed by atoms with van der Waals surface area (Å²) in [6.45, 7) is 2.99. The SMILES string of the molecule is CCOC(=O)C1=C([C@@H]2O[C@H](COCc3ccccc3)[C@@H](OCc3ccccc3)[C@H](OCc3ccccc3)[C@@H]2OCc2ccccc2)NC(=O)N[C@H]1c1ccccc1. The van der Waals surface area contributed by atoms with Crippen molar-refractivity contribution in [1.82, 2.24) is 10.6 Å². The Balaban J connectivity index is 1.34. The van der Waals surface area contributed by atoms with E-state index in [0.29, 0.717) is 12.2 Å². The highest BCUT2D eigenvalue weighted by atomic mass is 16.6. The first-order valence-corrected chi connectivity index (χ1v) is 19.3. The predicted octanol–water partition coefficient (Wildman–Crippen LogP) is 7.60. The van der Waals surface area contributed by atoms with Crippen molar-refractivity contribution in [3.8, 4) is 0 Å². The molecule has 2 heterocycles. The Labute approximate surface area is 333 Å². The van der Waals surface area contributed by atoms with Gasteiger partial charge in [-0.1, -0.05) is 152 Å². The Kier molecular flexibility index (Phi) is 13.9. The fourth-order valence-corrected chi connectivity index (χ4v) is 7.16. The number of hydrogen-bond acceptors (Lipinski definition) is 8. The van der Waals surface area contributed by atoms with E-state index in [9.17, 15) is 9.59 Å². The van der Waals surface area contributed by atoms with Crippen LogP contribution in [0, 0.1) is 0 Å². The molecule has 2 aliphatic rings. The van der Waals surface area contributed by atoms with Crippen molar-refractivity contribution < 1.29 is 38.0 Å². The summed E-state index contributed by atoms with van der Waals surface area (Å²) in [4.78, 5) is 27.8. The number of ether oxygens (including phenoxy) is 6. The molecule has 7 rings (SSSR count). The smallest absolute Gasteiger partial charge is 0.338 e. The first kappa shape index (κ1) is 39.6. The van der Waals surface area contributed by atoms with Gasteiger partial charge in [0.15, 0.2) is 0 Å². The van der Waals surface area contributed by atoms with Gasteiger partial charge in [0.1, 0.15) is 30.5 Å². The van der Waals surface area contributed by atoms with Crippen LogP contribution < -0.4 is 10.6 Å². The molecular formula is C47H48N2O8. The second-order valence-electron chi connectivity index (χ2n) is 13.9. The van der Waals surface area contributed by atoms with Gasteiger partial charge in [0.2, 0.25) is 0 Å². The molecule has 2 amide bonds. The van der Waals surface area contributed by atoms with Crippen LogP contribution in [0.3, 0.4) is 0 Å². The van der Waals surface area contributed by atoms with Gasteiger partial charge in [-0.25, -0.2) is 9.59 Å². The molecule has 10 heteroatoms. The molecule has 0 radical (unpaired) electrons. The maximum absolute atomic E-state index is 14.1. The number of amides is 2. The number of rotatable bonds is 17. The average Bonchev–Trinajstić information content (AvgIpc) is 3.26. The summed E-state index contributed by atoms with van der Waals surface area (Å²) >= 11 is 0. The lowest BCUT2D eigenvalue weighted by molar-refractivity contribution is -0.266. The first-order valence-electron chi connectivity index (χ1n) is 19.3. The molecule has 0 aromatic heterocycles. The summed E-state index contributed by atoms with van der Waals surface area (Å²) in [5.74, 6) is -0.597. The van der Waals surface area contributed by atoms with Crippen LogP contribution >= 0.6 is 0 Å². The minimum atomic E-state index is -1.03. The molecule has 0 unspecified atom stereocenters. The molecule has 0 aliphatic carbocycles. The van der Waals surface area contributed by atoms with Gasteiger partial charge in [0.05, 0.1) is 57.0 Å².